The summed E-state index contributed by atoms with van der Waals surface area (Å²) in [6, 6.07) is 0.482. The fraction of sp³-hybridized carbons (Fsp3) is 0.909. The van der Waals surface area contributed by atoms with Gasteiger partial charge in [-0.1, -0.05) is 0 Å². The molecule has 1 heterocycles. The number of likely N-dealkylation sites (N-methyl/N-ethyl adjacent to an activating group) is 1. The third-order valence-corrected chi connectivity index (χ3v) is 3.35. The fourth-order valence-electron chi connectivity index (χ4n) is 1.80. The highest BCUT2D eigenvalue weighted by atomic mass is 35.5. The van der Waals surface area contributed by atoms with Gasteiger partial charge in [-0.15, -0.1) is 11.6 Å². The van der Waals surface area contributed by atoms with E-state index in [9.17, 15) is 4.79 Å². The van der Waals surface area contributed by atoms with Crippen molar-refractivity contribution in [2.24, 2.45) is 0 Å². The maximum Gasteiger partial charge on any atom is 0.222 e. The third kappa shape index (κ3) is 3.99. The molecular weight excluding hydrogens is 212 g/mol. The number of piperazine rings is 1. The van der Waals surface area contributed by atoms with Crippen molar-refractivity contribution < 1.29 is 4.79 Å². The summed E-state index contributed by atoms with van der Waals surface area (Å²) in [4.78, 5) is 16.1. The predicted octanol–water partition coefficient (Wildman–Crippen LogP) is 1.56. The Hall–Kier alpha value is -0.280. The van der Waals surface area contributed by atoms with Gasteiger partial charge in [-0.3, -0.25) is 4.79 Å². The molecule has 1 rings (SSSR count). The number of amides is 1. The van der Waals surface area contributed by atoms with E-state index in [-0.39, 0.29) is 0 Å². The summed E-state index contributed by atoms with van der Waals surface area (Å²) in [7, 11) is 2.11. The topological polar surface area (TPSA) is 23.6 Å². The van der Waals surface area contributed by atoms with Gasteiger partial charge in [0.1, 0.15) is 0 Å². The molecule has 0 radical (unpaired) electrons. The van der Waals surface area contributed by atoms with E-state index in [1.54, 1.807) is 0 Å². The highest BCUT2D eigenvalue weighted by Crippen LogP contribution is 2.09. The molecule has 1 aliphatic rings. The lowest BCUT2D eigenvalue weighted by Gasteiger charge is -2.37. The van der Waals surface area contributed by atoms with E-state index in [2.05, 4.69) is 18.9 Å². The minimum Gasteiger partial charge on any atom is -0.340 e. The second-order valence-electron chi connectivity index (χ2n) is 4.32. The summed E-state index contributed by atoms with van der Waals surface area (Å²) in [5.41, 5.74) is 0. The molecule has 1 fully saturated rings. The van der Waals surface area contributed by atoms with Crippen molar-refractivity contribution in [1.82, 2.24) is 9.80 Å². The first-order valence-electron chi connectivity index (χ1n) is 5.69. The molecule has 0 spiro atoms. The van der Waals surface area contributed by atoms with Crippen LogP contribution in [0.15, 0.2) is 0 Å². The molecule has 1 atom stereocenters. The highest BCUT2D eigenvalue weighted by Gasteiger charge is 2.23. The van der Waals surface area contributed by atoms with Gasteiger partial charge in [0.15, 0.2) is 0 Å². The summed E-state index contributed by atoms with van der Waals surface area (Å²) in [5, 5.41) is 0. The zero-order valence-electron chi connectivity index (χ0n) is 9.71. The Labute approximate surface area is 97.4 Å². The summed E-state index contributed by atoms with van der Waals surface area (Å²) in [6.45, 7) is 4.90. The number of nitrogens with zero attached hydrogens (tertiary/aromatic N) is 2. The molecule has 1 unspecified atom stereocenters. The molecule has 3 nitrogen and oxygen atoms in total. The van der Waals surface area contributed by atoms with E-state index in [1.807, 2.05) is 4.90 Å². The molecule has 0 saturated carbocycles. The number of rotatable bonds is 4. The quantitative estimate of drug-likeness (QED) is 0.543. The van der Waals surface area contributed by atoms with Crippen molar-refractivity contribution in [2.45, 2.75) is 32.2 Å². The van der Waals surface area contributed by atoms with Gasteiger partial charge in [0, 0.05) is 38.0 Å². The molecule has 0 aromatic carbocycles. The molecule has 1 amide bonds. The zero-order valence-corrected chi connectivity index (χ0v) is 10.5. The molecule has 1 saturated heterocycles. The first kappa shape index (κ1) is 12.8. The molecule has 15 heavy (non-hydrogen) atoms. The molecule has 1 aliphatic heterocycles. The van der Waals surface area contributed by atoms with Gasteiger partial charge in [0.05, 0.1) is 0 Å². The fourth-order valence-corrected chi connectivity index (χ4v) is 1.99. The van der Waals surface area contributed by atoms with E-state index >= 15 is 0 Å². The van der Waals surface area contributed by atoms with Crippen molar-refractivity contribution in [1.29, 1.82) is 0 Å². The van der Waals surface area contributed by atoms with Crippen molar-refractivity contribution in [2.75, 3.05) is 32.6 Å². The van der Waals surface area contributed by atoms with Gasteiger partial charge in [-0.05, 0) is 26.8 Å². The number of halogens is 1. The Morgan fingerprint density at radius 3 is 2.73 bits per heavy atom. The van der Waals surface area contributed by atoms with Crippen LogP contribution in [0.5, 0.6) is 0 Å². The average Bonchev–Trinajstić information content (AvgIpc) is 2.22. The van der Waals surface area contributed by atoms with Crippen LogP contribution in [0.3, 0.4) is 0 Å². The second kappa shape index (κ2) is 6.33. The van der Waals surface area contributed by atoms with Crippen molar-refractivity contribution in [3.63, 3.8) is 0 Å². The highest BCUT2D eigenvalue weighted by molar-refractivity contribution is 6.17. The summed E-state index contributed by atoms with van der Waals surface area (Å²) in [5.74, 6) is 0.951. The molecule has 0 aliphatic carbocycles. The molecule has 0 N–H and O–H groups in total. The predicted molar refractivity (Wildman–Crippen MR) is 63.2 cm³/mol. The van der Waals surface area contributed by atoms with Crippen LogP contribution in [0.2, 0.25) is 0 Å². The zero-order chi connectivity index (χ0) is 11.3. The first-order chi connectivity index (χ1) is 7.15. The van der Waals surface area contributed by atoms with Crippen molar-refractivity contribution in [3.05, 3.63) is 0 Å². The van der Waals surface area contributed by atoms with Crippen molar-refractivity contribution >= 4 is 17.5 Å². The number of carbonyl (C=O) groups excluding carboxylic acids is 1. The van der Waals surface area contributed by atoms with Gasteiger partial charge in [-0.2, -0.15) is 0 Å². The second-order valence-corrected chi connectivity index (χ2v) is 4.69. The lowest BCUT2D eigenvalue weighted by molar-refractivity contribution is -0.133. The van der Waals surface area contributed by atoms with Crippen LogP contribution in [-0.4, -0.2) is 54.3 Å². The van der Waals surface area contributed by atoms with E-state index in [0.717, 1.165) is 32.5 Å². The van der Waals surface area contributed by atoms with Gasteiger partial charge in [0.25, 0.3) is 0 Å². The largest absolute Gasteiger partial charge is 0.340 e. The SMILES string of the molecule is CC1CN(C(=O)CCCCCl)CCN1C. The number of carbonyl (C=O) groups is 1. The van der Waals surface area contributed by atoms with Gasteiger partial charge < -0.3 is 9.80 Å². The summed E-state index contributed by atoms with van der Waals surface area (Å²) >= 11 is 5.58. The van der Waals surface area contributed by atoms with E-state index in [0.29, 0.717) is 24.2 Å². The Kier molecular flexibility index (Phi) is 5.40. The number of hydrogen-bond acceptors (Lipinski definition) is 2. The molecule has 0 aromatic rings. The van der Waals surface area contributed by atoms with E-state index < -0.39 is 0 Å². The average molecular weight is 233 g/mol. The monoisotopic (exact) mass is 232 g/mol. The lowest BCUT2D eigenvalue weighted by Crippen LogP contribution is -2.51. The van der Waals surface area contributed by atoms with Crippen LogP contribution in [0.1, 0.15) is 26.2 Å². The Bertz CT molecular complexity index is 211. The summed E-state index contributed by atoms with van der Waals surface area (Å²) in [6.07, 6.45) is 2.52. The van der Waals surface area contributed by atoms with E-state index in [1.165, 1.54) is 0 Å². The number of hydrogen-bond donors (Lipinski definition) is 0. The molecule has 0 bridgehead atoms. The Morgan fingerprint density at radius 2 is 2.13 bits per heavy atom. The molecule has 4 heteroatoms. The number of alkyl halides is 1. The van der Waals surface area contributed by atoms with Crippen LogP contribution < -0.4 is 0 Å². The standard InChI is InChI=1S/C11H21ClN2O/c1-10-9-14(8-7-13(10)2)11(15)5-3-4-6-12/h10H,3-9H2,1-2H3. The number of unbranched alkanes of at least 4 members (excludes halogenated alkanes) is 1. The van der Waals surface area contributed by atoms with Gasteiger partial charge >= 0.3 is 0 Å². The maximum absolute atomic E-state index is 11.8. The van der Waals surface area contributed by atoms with Crippen LogP contribution >= 0.6 is 11.6 Å². The van der Waals surface area contributed by atoms with Crippen LogP contribution in [-0.2, 0) is 4.79 Å². The van der Waals surface area contributed by atoms with Crippen LogP contribution in [0.4, 0.5) is 0 Å². The van der Waals surface area contributed by atoms with Crippen LogP contribution in [0.25, 0.3) is 0 Å². The van der Waals surface area contributed by atoms with Crippen molar-refractivity contribution in [3.8, 4) is 0 Å². The normalized spacial score (nSPS) is 23.1. The first-order valence-corrected chi connectivity index (χ1v) is 6.22. The van der Waals surface area contributed by atoms with Gasteiger partial charge in [0.2, 0.25) is 5.91 Å². The Balaban J connectivity index is 2.28. The van der Waals surface area contributed by atoms with Crippen LogP contribution in [0, 0.1) is 0 Å². The third-order valence-electron chi connectivity index (χ3n) is 3.09. The molecular formula is C11H21ClN2O. The van der Waals surface area contributed by atoms with E-state index in [4.69, 9.17) is 11.6 Å². The lowest BCUT2D eigenvalue weighted by atomic mass is 10.1. The molecule has 88 valence electrons. The smallest absolute Gasteiger partial charge is 0.222 e. The summed E-state index contributed by atoms with van der Waals surface area (Å²) < 4.78 is 0. The van der Waals surface area contributed by atoms with Gasteiger partial charge in [-0.25, -0.2) is 0 Å². The maximum atomic E-state index is 11.8. The molecule has 0 aromatic heterocycles. The minimum atomic E-state index is 0.292. The Morgan fingerprint density at radius 1 is 1.40 bits per heavy atom. The minimum absolute atomic E-state index is 0.292.